The van der Waals surface area contributed by atoms with Gasteiger partial charge in [-0.25, -0.2) is 4.79 Å². The van der Waals surface area contributed by atoms with E-state index in [1.54, 1.807) is 12.1 Å². The van der Waals surface area contributed by atoms with E-state index in [2.05, 4.69) is 0 Å². The maximum Gasteiger partial charge on any atom is 0.326 e. The second-order valence-corrected chi connectivity index (χ2v) is 4.78. The monoisotopic (exact) mass is 263 g/mol. The van der Waals surface area contributed by atoms with Crippen LogP contribution < -0.4 is 0 Å². The molecular formula is C14H17NO4. The van der Waals surface area contributed by atoms with Crippen molar-refractivity contribution in [2.45, 2.75) is 31.7 Å². The number of amides is 1. The number of carbonyl (C=O) groups is 2. The Balaban J connectivity index is 2.07. The number of phenolic OH excluding ortho intramolecular Hbond substituents is 1. The molecule has 0 aliphatic carbocycles. The van der Waals surface area contributed by atoms with Crippen molar-refractivity contribution in [3.05, 3.63) is 29.8 Å². The molecule has 1 aromatic rings. The summed E-state index contributed by atoms with van der Waals surface area (Å²) < 4.78 is 0. The first kappa shape index (κ1) is 13.4. The number of carboxylic acids is 1. The number of piperidine rings is 1. The van der Waals surface area contributed by atoms with E-state index >= 15 is 0 Å². The summed E-state index contributed by atoms with van der Waals surface area (Å²) >= 11 is 0. The van der Waals surface area contributed by atoms with Gasteiger partial charge in [0, 0.05) is 6.54 Å². The summed E-state index contributed by atoms with van der Waals surface area (Å²) in [6, 6.07) is 5.77. The summed E-state index contributed by atoms with van der Waals surface area (Å²) in [4.78, 5) is 24.8. The number of hydrogen-bond acceptors (Lipinski definition) is 3. The highest BCUT2D eigenvalue weighted by molar-refractivity contribution is 5.85. The van der Waals surface area contributed by atoms with Gasteiger partial charge in [0.25, 0.3) is 0 Å². The average molecular weight is 263 g/mol. The fourth-order valence-electron chi connectivity index (χ4n) is 2.43. The summed E-state index contributed by atoms with van der Waals surface area (Å²) in [5.41, 5.74) is 0.694. The first-order valence-corrected chi connectivity index (χ1v) is 6.38. The molecule has 0 spiro atoms. The molecule has 1 aromatic carbocycles. The van der Waals surface area contributed by atoms with E-state index in [0.717, 1.165) is 12.8 Å². The summed E-state index contributed by atoms with van der Waals surface area (Å²) in [5.74, 6) is -1.03. The lowest BCUT2D eigenvalue weighted by Gasteiger charge is -2.33. The lowest BCUT2D eigenvalue weighted by molar-refractivity contribution is -0.151. The Morgan fingerprint density at radius 3 is 2.79 bits per heavy atom. The van der Waals surface area contributed by atoms with Crippen LogP contribution in [-0.2, 0) is 16.0 Å². The molecule has 5 heteroatoms. The standard InChI is InChI=1S/C14H17NO4/c16-11-5-3-4-10(8-11)9-13(17)15-7-2-1-6-12(15)14(18)19/h3-5,8,12,16H,1-2,6-7,9H2,(H,18,19)/t12-/m1/s1. The molecule has 0 radical (unpaired) electrons. The van der Waals surface area contributed by atoms with Gasteiger partial charge in [0.2, 0.25) is 5.91 Å². The van der Waals surface area contributed by atoms with Crippen molar-refractivity contribution in [1.29, 1.82) is 0 Å². The van der Waals surface area contributed by atoms with Gasteiger partial charge in [-0.05, 0) is 37.0 Å². The normalized spacial score (nSPS) is 19.2. The Morgan fingerprint density at radius 2 is 2.11 bits per heavy atom. The molecule has 19 heavy (non-hydrogen) atoms. The van der Waals surface area contributed by atoms with Crippen molar-refractivity contribution in [1.82, 2.24) is 4.90 Å². The van der Waals surface area contributed by atoms with E-state index < -0.39 is 12.0 Å². The quantitative estimate of drug-likeness (QED) is 0.864. The number of nitrogens with zero attached hydrogens (tertiary/aromatic N) is 1. The Kier molecular flexibility index (Phi) is 4.04. The predicted molar refractivity (Wildman–Crippen MR) is 68.8 cm³/mol. The summed E-state index contributed by atoms with van der Waals surface area (Å²) in [5, 5.41) is 18.5. The SMILES string of the molecule is O=C(O)[C@H]1CCCCN1C(=O)Cc1cccc(O)c1. The zero-order valence-corrected chi connectivity index (χ0v) is 10.6. The first-order chi connectivity index (χ1) is 9.08. The molecule has 1 heterocycles. The molecular weight excluding hydrogens is 246 g/mol. The minimum Gasteiger partial charge on any atom is -0.508 e. The second-order valence-electron chi connectivity index (χ2n) is 4.78. The van der Waals surface area contributed by atoms with Gasteiger partial charge in [0.1, 0.15) is 11.8 Å². The molecule has 0 unspecified atom stereocenters. The number of hydrogen-bond donors (Lipinski definition) is 2. The molecule has 0 bridgehead atoms. The zero-order valence-electron chi connectivity index (χ0n) is 10.6. The molecule has 1 fully saturated rings. The van der Waals surface area contributed by atoms with Gasteiger partial charge in [-0.15, -0.1) is 0 Å². The number of phenols is 1. The Labute approximate surface area is 111 Å². The van der Waals surface area contributed by atoms with Gasteiger partial charge in [-0.1, -0.05) is 12.1 Å². The highest BCUT2D eigenvalue weighted by atomic mass is 16.4. The van der Waals surface area contributed by atoms with Gasteiger partial charge < -0.3 is 15.1 Å². The van der Waals surface area contributed by atoms with Crippen LogP contribution in [0.3, 0.4) is 0 Å². The third-order valence-electron chi connectivity index (χ3n) is 3.37. The Morgan fingerprint density at radius 1 is 1.32 bits per heavy atom. The van der Waals surface area contributed by atoms with E-state index in [1.165, 1.54) is 17.0 Å². The van der Waals surface area contributed by atoms with E-state index in [0.29, 0.717) is 18.5 Å². The van der Waals surface area contributed by atoms with E-state index in [1.807, 2.05) is 0 Å². The molecule has 1 atom stereocenters. The molecule has 1 saturated heterocycles. The second kappa shape index (κ2) is 5.73. The van der Waals surface area contributed by atoms with Crippen LogP contribution in [0.5, 0.6) is 5.75 Å². The summed E-state index contributed by atoms with van der Waals surface area (Å²) in [6.07, 6.45) is 2.32. The van der Waals surface area contributed by atoms with Crippen LogP contribution in [0.4, 0.5) is 0 Å². The highest BCUT2D eigenvalue weighted by Crippen LogP contribution is 2.19. The first-order valence-electron chi connectivity index (χ1n) is 6.38. The topological polar surface area (TPSA) is 77.8 Å². The third-order valence-corrected chi connectivity index (χ3v) is 3.37. The van der Waals surface area contributed by atoms with Crippen molar-refractivity contribution >= 4 is 11.9 Å². The number of benzene rings is 1. The lowest BCUT2D eigenvalue weighted by atomic mass is 10.0. The van der Waals surface area contributed by atoms with Crippen LogP contribution in [0, 0.1) is 0 Å². The van der Waals surface area contributed by atoms with Gasteiger partial charge in [0.15, 0.2) is 0 Å². The van der Waals surface area contributed by atoms with Crippen molar-refractivity contribution < 1.29 is 19.8 Å². The van der Waals surface area contributed by atoms with Crippen LogP contribution in [0.25, 0.3) is 0 Å². The maximum atomic E-state index is 12.2. The van der Waals surface area contributed by atoms with Crippen LogP contribution in [0.15, 0.2) is 24.3 Å². The molecule has 0 aromatic heterocycles. The minimum atomic E-state index is -0.941. The summed E-state index contributed by atoms with van der Waals surface area (Å²) in [6.45, 7) is 0.495. The van der Waals surface area contributed by atoms with Gasteiger partial charge in [0.05, 0.1) is 6.42 Å². The molecule has 1 aliphatic heterocycles. The van der Waals surface area contributed by atoms with Crippen LogP contribution in [0.1, 0.15) is 24.8 Å². The highest BCUT2D eigenvalue weighted by Gasteiger charge is 2.31. The molecule has 1 aliphatic rings. The molecule has 2 rings (SSSR count). The molecule has 1 amide bonds. The summed E-state index contributed by atoms with van der Waals surface area (Å²) in [7, 11) is 0. The van der Waals surface area contributed by atoms with Crippen molar-refractivity contribution in [3.8, 4) is 5.75 Å². The number of aromatic hydroxyl groups is 1. The fraction of sp³-hybridized carbons (Fsp3) is 0.429. The van der Waals surface area contributed by atoms with Gasteiger partial charge in [-0.2, -0.15) is 0 Å². The number of aliphatic carboxylic acids is 1. The molecule has 102 valence electrons. The molecule has 2 N–H and O–H groups in total. The van der Waals surface area contributed by atoms with E-state index in [-0.39, 0.29) is 18.1 Å². The van der Waals surface area contributed by atoms with Gasteiger partial charge in [-0.3, -0.25) is 4.79 Å². The average Bonchev–Trinajstić information content (AvgIpc) is 2.38. The van der Waals surface area contributed by atoms with Crippen LogP contribution >= 0.6 is 0 Å². The largest absolute Gasteiger partial charge is 0.508 e. The zero-order chi connectivity index (χ0) is 13.8. The third kappa shape index (κ3) is 3.24. The molecule has 0 saturated carbocycles. The minimum absolute atomic E-state index is 0.110. The van der Waals surface area contributed by atoms with E-state index in [9.17, 15) is 14.7 Å². The fourth-order valence-corrected chi connectivity index (χ4v) is 2.43. The number of rotatable bonds is 3. The number of likely N-dealkylation sites (tertiary alicyclic amines) is 1. The molecule has 5 nitrogen and oxygen atoms in total. The smallest absolute Gasteiger partial charge is 0.326 e. The Bertz CT molecular complexity index is 486. The van der Waals surface area contributed by atoms with Crippen molar-refractivity contribution in [3.63, 3.8) is 0 Å². The Hall–Kier alpha value is -2.04. The van der Waals surface area contributed by atoms with Crippen LogP contribution in [0.2, 0.25) is 0 Å². The predicted octanol–water partition coefficient (Wildman–Crippen LogP) is 1.40. The van der Waals surface area contributed by atoms with Crippen molar-refractivity contribution in [2.24, 2.45) is 0 Å². The van der Waals surface area contributed by atoms with Crippen molar-refractivity contribution in [2.75, 3.05) is 6.54 Å². The van der Waals surface area contributed by atoms with Crippen LogP contribution in [-0.4, -0.2) is 39.6 Å². The maximum absolute atomic E-state index is 12.2. The van der Waals surface area contributed by atoms with Gasteiger partial charge >= 0.3 is 5.97 Å². The lowest BCUT2D eigenvalue weighted by Crippen LogP contribution is -2.48. The number of carbonyl (C=O) groups excluding carboxylic acids is 1. The van der Waals surface area contributed by atoms with E-state index in [4.69, 9.17) is 5.11 Å². The number of carboxylic acid groups (broad SMARTS) is 1.